The SMILES string of the molecule is COc1cc(-c2cccc3cccc(P(c4ccccc4)c4ccccc4)c23)ccn1. The molecule has 1 aromatic heterocycles. The third-order valence-corrected chi connectivity index (χ3v) is 7.89. The maximum atomic E-state index is 5.40. The van der Waals surface area contributed by atoms with Crippen LogP contribution in [0.15, 0.2) is 115 Å². The summed E-state index contributed by atoms with van der Waals surface area (Å²) >= 11 is 0. The van der Waals surface area contributed by atoms with E-state index < -0.39 is 7.92 Å². The lowest BCUT2D eigenvalue weighted by Crippen LogP contribution is -2.21. The third kappa shape index (κ3) is 3.83. The van der Waals surface area contributed by atoms with Crippen LogP contribution in [0.3, 0.4) is 0 Å². The maximum Gasteiger partial charge on any atom is 0.213 e. The molecule has 31 heavy (non-hydrogen) atoms. The van der Waals surface area contributed by atoms with E-state index in [4.69, 9.17) is 4.74 Å². The number of hydrogen-bond acceptors (Lipinski definition) is 2. The van der Waals surface area contributed by atoms with E-state index in [1.165, 1.54) is 32.2 Å². The molecule has 0 saturated carbocycles. The Balaban J connectivity index is 1.81. The van der Waals surface area contributed by atoms with E-state index in [2.05, 4.69) is 108 Å². The van der Waals surface area contributed by atoms with E-state index >= 15 is 0 Å². The predicted octanol–water partition coefficient (Wildman–Crippen LogP) is 5.67. The normalized spacial score (nSPS) is 11.0. The van der Waals surface area contributed by atoms with Gasteiger partial charge in [-0.3, -0.25) is 0 Å². The summed E-state index contributed by atoms with van der Waals surface area (Å²) in [5.41, 5.74) is 2.31. The molecule has 0 radical (unpaired) electrons. The highest BCUT2D eigenvalue weighted by molar-refractivity contribution is 7.80. The van der Waals surface area contributed by atoms with Crippen LogP contribution in [0, 0.1) is 0 Å². The summed E-state index contributed by atoms with van der Waals surface area (Å²) in [7, 11) is 0.947. The summed E-state index contributed by atoms with van der Waals surface area (Å²) < 4.78 is 5.40. The predicted molar refractivity (Wildman–Crippen MR) is 132 cm³/mol. The van der Waals surface area contributed by atoms with Crippen molar-refractivity contribution >= 4 is 34.6 Å². The molecule has 0 aliphatic carbocycles. The second-order valence-electron chi connectivity index (χ2n) is 7.27. The molecule has 5 aromatic rings. The molecule has 0 unspecified atom stereocenters. The highest BCUT2D eigenvalue weighted by Gasteiger charge is 2.20. The molecule has 0 amide bonds. The van der Waals surface area contributed by atoms with Crippen molar-refractivity contribution in [3.63, 3.8) is 0 Å². The van der Waals surface area contributed by atoms with Crippen molar-refractivity contribution in [2.75, 3.05) is 7.11 Å². The molecule has 3 heteroatoms. The zero-order chi connectivity index (χ0) is 21.0. The van der Waals surface area contributed by atoms with Gasteiger partial charge in [0.05, 0.1) is 7.11 Å². The first-order valence-electron chi connectivity index (χ1n) is 10.3. The lowest BCUT2D eigenvalue weighted by Gasteiger charge is -2.22. The Kier molecular flexibility index (Phi) is 5.48. The fourth-order valence-electron chi connectivity index (χ4n) is 4.02. The van der Waals surface area contributed by atoms with Crippen molar-refractivity contribution < 1.29 is 4.74 Å². The molecule has 0 saturated heterocycles. The molecule has 0 atom stereocenters. The fourth-order valence-corrected chi connectivity index (χ4v) is 6.52. The minimum Gasteiger partial charge on any atom is -0.481 e. The number of hydrogen-bond donors (Lipinski definition) is 0. The van der Waals surface area contributed by atoms with E-state index in [1.807, 2.05) is 12.3 Å². The molecule has 0 aliphatic rings. The summed E-state index contributed by atoms with van der Waals surface area (Å²) in [5, 5.41) is 6.58. The highest BCUT2D eigenvalue weighted by atomic mass is 31.1. The first-order valence-corrected chi connectivity index (χ1v) is 11.6. The standard InChI is InChI=1S/C28H22NOP/c1-30-27-20-22(18-19-29-27)25-16-8-10-21-11-9-17-26(28(21)25)31(23-12-4-2-5-13-23)24-14-6-3-7-15-24/h2-20H,1H3. The van der Waals surface area contributed by atoms with Crippen LogP contribution in [-0.4, -0.2) is 12.1 Å². The second kappa shape index (κ2) is 8.71. The Hall–Kier alpha value is -3.48. The van der Waals surface area contributed by atoms with Gasteiger partial charge in [0.25, 0.3) is 0 Å². The molecular formula is C28H22NOP. The Morgan fingerprint density at radius 1 is 0.677 bits per heavy atom. The van der Waals surface area contributed by atoms with Crippen molar-refractivity contribution in [2.24, 2.45) is 0 Å². The van der Waals surface area contributed by atoms with Gasteiger partial charge in [0, 0.05) is 12.3 Å². The van der Waals surface area contributed by atoms with Gasteiger partial charge in [-0.25, -0.2) is 4.98 Å². The molecule has 2 nitrogen and oxygen atoms in total. The van der Waals surface area contributed by atoms with Crippen molar-refractivity contribution in [1.82, 2.24) is 4.98 Å². The summed E-state index contributed by atoms with van der Waals surface area (Å²) in [5.74, 6) is 0.625. The van der Waals surface area contributed by atoms with E-state index in [-0.39, 0.29) is 0 Å². The number of fused-ring (bicyclic) bond motifs is 1. The molecular weight excluding hydrogens is 397 g/mol. The topological polar surface area (TPSA) is 22.1 Å². The smallest absolute Gasteiger partial charge is 0.213 e. The number of benzene rings is 4. The zero-order valence-electron chi connectivity index (χ0n) is 17.3. The van der Waals surface area contributed by atoms with E-state index in [0.29, 0.717) is 5.88 Å². The van der Waals surface area contributed by atoms with Crippen molar-refractivity contribution in [2.45, 2.75) is 0 Å². The molecule has 0 fully saturated rings. The fraction of sp³-hybridized carbons (Fsp3) is 0.0357. The molecule has 4 aromatic carbocycles. The largest absolute Gasteiger partial charge is 0.481 e. The molecule has 150 valence electrons. The highest BCUT2D eigenvalue weighted by Crippen LogP contribution is 2.39. The number of nitrogens with zero attached hydrogens (tertiary/aromatic N) is 1. The van der Waals surface area contributed by atoms with E-state index in [0.717, 1.165) is 5.56 Å². The monoisotopic (exact) mass is 419 g/mol. The Labute approximate surface area is 183 Å². The minimum atomic E-state index is -0.711. The van der Waals surface area contributed by atoms with Gasteiger partial charge in [-0.15, -0.1) is 0 Å². The Morgan fingerprint density at radius 2 is 1.32 bits per heavy atom. The zero-order valence-corrected chi connectivity index (χ0v) is 18.2. The summed E-state index contributed by atoms with van der Waals surface area (Å²) in [6.45, 7) is 0. The Morgan fingerprint density at radius 3 is 1.97 bits per heavy atom. The quantitative estimate of drug-likeness (QED) is 0.343. The summed E-state index contributed by atoms with van der Waals surface area (Å²) in [4.78, 5) is 4.30. The van der Waals surface area contributed by atoms with Gasteiger partial charge in [0.15, 0.2) is 0 Å². The molecule has 5 rings (SSSR count). The van der Waals surface area contributed by atoms with Crippen LogP contribution in [-0.2, 0) is 0 Å². The van der Waals surface area contributed by atoms with Crippen LogP contribution in [0.4, 0.5) is 0 Å². The first-order chi connectivity index (χ1) is 15.3. The number of aromatic nitrogens is 1. The van der Waals surface area contributed by atoms with Crippen molar-refractivity contribution in [3.8, 4) is 17.0 Å². The van der Waals surface area contributed by atoms with Gasteiger partial charge in [-0.2, -0.15) is 0 Å². The van der Waals surface area contributed by atoms with Crippen LogP contribution >= 0.6 is 7.92 Å². The Bertz CT molecular complexity index is 1270. The van der Waals surface area contributed by atoms with Gasteiger partial charge >= 0.3 is 0 Å². The number of ether oxygens (including phenoxy) is 1. The number of methoxy groups -OCH3 is 1. The average Bonchev–Trinajstić information content (AvgIpc) is 2.85. The molecule has 1 heterocycles. The minimum absolute atomic E-state index is 0.625. The number of pyridine rings is 1. The van der Waals surface area contributed by atoms with Gasteiger partial charge < -0.3 is 4.74 Å². The third-order valence-electron chi connectivity index (χ3n) is 5.41. The second-order valence-corrected chi connectivity index (χ2v) is 9.46. The molecule has 0 N–H and O–H groups in total. The van der Waals surface area contributed by atoms with Gasteiger partial charge in [0.2, 0.25) is 5.88 Å². The first kappa shape index (κ1) is 19.5. The van der Waals surface area contributed by atoms with Crippen LogP contribution in [0.2, 0.25) is 0 Å². The van der Waals surface area contributed by atoms with Crippen LogP contribution < -0.4 is 20.7 Å². The summed E-state index contributed by atoms with van der Waals surface area (Å²) in [6, 6.07) is 38.9. The average molecular weight is 419 g/mol. The molecule has 0 bridgehead atoms. The maximum absolute atomic E-state index is 5.40. The van der Waals surface area contributed by atoms with E-state index in [1.54, 1.807) is 7.11 Å². The lowest BCUT2D eigenvalue weighted by atomic mass is 9.99. The van der Waals surface area contributed by atoms with Gasteiger partial charge in [-0.05, 0) is 51.8 Å². The lowest BCUT2D eigenvalue weighted by molar-refractivity contribution is 0.398. The van der Waals surface area contributed by atoms with Crippen LogP contribution in [0.1, 0.15) is 0 Å². The number of rotatable bonds is 5. The molecule has 0 spiro atoms. The summed E-state index contributed by atoms with van der Waals surface area (Å²) in [6.07, 6.45) is 1.81. The van der Waals surface area contributed by atoms with Crippen LogP contribution in [0.5, 0.6) is 5.88 Å². The van der Waals surface area contributed by atoms with Gasteiger partial charge in [0.1, 0.15) is 0 Å². The molecule has 0 aliphatic heterocycles. The van der Waals surface area contributed by atoms with E-state index in [9.17, 15) is 0 Å². The van der Waals surface area contributed by atoms with Gasteiger partial charge in [-0.1, -0.05) is 97.1 Å². The van der Waals surface area contributed by atoms with Crippen LogP contribution in [0.25, 0.3) is 21.9 Å². The van der Waals surface area contributed by atoms with Crippen molar-refractivity contribution in [1.29, 1.82) is 0 Å². The van der Waals surface area contributed by atoms with Crippen molar-refractivity contribution in [3.05, 3.63) is 115 Å².